The highest BCUT2D eigenvalue weighted by Crippen LogP contribution is 2.32. The van der Waals surface area contributed by atoms with E-state index in [1.807, 2.05) is 6.07 Å². The fourth-order valence-corrected chi connectivity index (χ4v) is 2.52. The van der Waals surface area contributed by atoms with Crippen molar-refractivity contribution in [3.63, 3.8) is 0 Å². The molecule has 2 aromatic carbocycles. The van der Waals surface area contributed by atoms with Gasteiger partial charge in [0, 0.05) is 25.2 Å². The lowest BCUT2D eigenvalue weighted by Gasteiger charge is -2.13. The lowest BCUT2D eigenvalue weighted by molar-refractivity contribution is 0.0827. The number of aromatic nitrogens is 1. The van der Waals surface area contributed by atoms with Crippen molar-refractivity contribution < 1.29 is 23.0 Å². The van der Waals surface area contributed by atoms with Crippen molar-refractivity contribution in [2.75, 3.05) is 14.1 Å². The van der Waals surface area contributed by atoms with E-state index in [1.54, 1.807) is 26.2 Å². The molecule has 0 aliphatic rings. The van der Waals surface area contributed by atoms with Crippen molar-refractivity contribution >= 4 is 5.91 Å². The van der Waals surface area contributed by atoms with Gasteiger partial charge in [-0.05, 0) is 49.4 Å². The highest BCUT2D eigenvalue weighted by Gasteiger charge is 2.21. The average Bonchev–Trinajstić information content (AvgIpc) is 2.75. The van der Waals surface area contributed by atoms with Crippen LogP contribution in [0.15, 0.2) is 48.5 Å². The summed E-state index contributed by atoms with van der Waals surface area (Å²) in [5, 5.41) is 8.97. The predicted octanol–water partition coefficient (Wildman–Crippen LogP) is 4.83. The summed E-state index contributed by atoms with van der Waals surface area (Å²) in [6.07, 6.45) is 0. The Balaban J connectivity index is 1.90. The first-order valence-electron chi connectivity index (χ1n) is 8.83. The van der Waals surface area contributed by atoms with E-state index >= 15 is 0 Å². The second-order valence-corrected chi connectivity index (χ2v) is 6.54. The topological polar surface area (TPSA) is 75.4 Å². The van der Waals surface area contributed by atoms with Crippen LogP contribution >= 0.6 is 0 Å². The molecule has 0 saturated carbocycles. The standard InChI is InChI=1S/C22H17F2N3O3/c1-13-18(23)20(29-16-9-7-15(8-10-16)22(28)27(2)3)26-21(19(13)24)30-17-6-4-5-14(11-17)12-25/h4-11H,1-3H3. The minimum atomic E-state index is -0.978. The van der Waals surface area contributed by atoms with Crippen molar-refractivity contribution in [2.45, 2.75) is 6.92 Å². The number of benzene rings is 2. The molecule has 6 nitrogen and oxygen atoms in total. The van der Waals surface area contributed by atoms with Crippen molar-refractivity contribution in [1.29, 1.82) is 5.26 Å². The summed E-state index contributed by atoms with van der Waals surface area (Å²) in [5.41, 5.74) is 0.416. The van der Waals surface area contributed by atoms with Crippen LogP contribution in [-0.2, 0) is 0 Å². The Bertz CT molecular complexity index is 1140. The molecule has 8 heteroatoms. The molecular weight excluding hydrogens is 392 g/mol. The van der Waals surface area contributed by atoms with E-state index in [2.05, 4.69) is 4.98 Å². The van der Waals surface area contributed by atoms with Crippen LogP contribution in [-0.4, -0.2) is 29.9 Å². The molecule has 3 rings (SSSR count). The molecule has 0 bridgehead atoms. The van der Waals surface area contributed by atoms with E-state index in [1.165, 1.54) is 48.2 Å². The Morgan fingerprint density at radius 3 is 2.17 bits per heavy atom. The van der Waals surface area contributed by atoms with Gasteiger partial charge in [-0.2, -0.15) is 10.2 Å². The third kappa shape index (κ3) is 4.36. The Labute approximate surface area is 171 Å². The van der Waals surface area contributed by atoms with E-state index in [9.17, 15) is 13.6 Å². The van der Waals surface area contributed by atoms with Crippen molar-refractivity contribution in [3.8, 4) is 29.3 Å². The Morgan fingerprint density at radius 1 is 1.00 bits per heavy atom. The van der Waals surface area contributed by atoms with Gasteiger partial charge in [-0.3, -0.25) is 4.79 Å². The zero-order valence-corrected chi connectivity index (χ0v) is 16.4. The van der Waals surface area contributed by atoms with Gasteiger partial charge >= 0.3 is 0 Å². The second-order valence-electron chi connectivity index (χ2n) is 6.54. The van der Waals surface area contributed by atoms with E-state index in [0.29, 0.717) is 11.1 Å². The van der Waals surface area contributed by atoms with Crippen LogP contribution in [0.25, 0.3) is 0 Å². The molecule has 0 aliphatic carbocycles. The molecule has 0 saturated heterocycles. The maximum atomic E-state index is 14.5. The number of halogens is 2. The number of nitriles is 1. The van der Waals surface area contributed by atoms with Crippen LogP contribution in [0.1, 0.15) is 21.5 Å². The zero-order chi connectivity index (χ0) is 21.8. The highest BCUT2D eigenvalue weighted by atomic mass is 19.1. The van der Waals surface area contributed by atoms with Gasteiger partial charge in [-0.15, -0.1) is 0 Å². The van der Waals surface area contributed by atoms with Gasteiger partial charge in [-0.1, -0.05) is 6.07 Å². The van der Waals surface area contributed by atoms with Gasteiger partial charge in [0.25, 0.3) is 17.7 Å². The van der Waals surface area contributed by atoms with Crippen LogP contribution in [0.4, 0.5) is 8.78 Å². The Hall–Kier alpha value is -3.99. The lowest BCUT2D eigenvalue weighted by atomic mass is 10.2. The van der Waals surface area contributed by atoms with E-state index in [-0.39, 0.29) is 23.0 Å². The lowest BCUT2D eigenvalue weighted by Crippen LogP contribution is -2.21. The maximum absolute atomic E-state index is 14.5. The smallest absolute Gasteiger partial charge is 0.259 e. The van der Waals surface area contributed by atoms with E-state index in [0.717, 1.165) is 0 Å². The minimum Gasteiger partial charge on any atom is -0.436 e. The quantitative estimate of drug-likeness (QED) is 0.604. The minimum absolute atomic E-state index is 0.170. The first-order valence-corrected chi connectivity index (χ1v) is 8.83. The summed E-state index contributed by atoms with van der Waals surface area (Å²) < 4.78 is 39.9. The van der Waals surface area contributed by atoms with Gasteiger partial charge in [0.2, 0.25) is 0 Å². The number of nitrogens with zero attached hydrogens (tertiary/aromatic N) is 3. The SMILES string of the molecule is Cc1c(F)c(Oc2ccc(C(=O)N(C)C)cc2)nc(Oc2cccc(C#N)c2)c1F. The highest BCUT2D eigenvalue weighted by molar-refractivity contribution is 5.93. The first-order chi connectivity index (χ1) is 14.3. The predicted molar refractivity (Wildman–Crippen MR) is 105 cm³/mol. The molecule has 0 N–H and O–H groups in total. The van der Waals surface area contributed by atoms with E-state index in [4.69, 9.17) is 14.7 Å². The Kier molecular flexibility index (Phi) is 5.93. The first kappa shape index (κ1) is 20.7. The van der Waals surface area contributed by atoms with Crippen molar-refractivity contribution in [3.05, 3.63) is 76.9 Å². The van der Waals surface area contributed by atoms with Gasteiger partial charge in [0.05, 0.1) is 11.6 Å². The van der Waals surface area contributed by atoms with E-state index < -0.39 is 23.4 Å². The van der Waals surface area contributed by atoms with Crippen LogP contribution in [0.2, 0.25) is 0 Å². The molecule has 1 heterocycles. The number of hydrogen-bond donors (Lipinski definition) is 0. The summed E-state index contributed by atoms with van der Waals surface area (Å²) in [6.45, 7) is 1.23. The van der Waals surface area contributed by atoms with Gasteiger partial charge in [0.1, 0.15) is 11.5 Å². The van der Waals surface area contributed by atoms with Gasteiger partial charge in [0.15, 0.2) is 11.6 Å². The monoisotopic (exact) mass is 409 g/mol. The number of carbonyl (C=O) groups excluding carboxylic acids is 1. The average molecular weight is 409 g/mol. The number of carbonyl (C=O) groups is 1. The third-order valence-corrected chi connectivity index (χ3v) is 4.14. The third-order valence-electron chi connectivity index (χ3n) is 4.14. The normalized spacial score (nSPS) is 10.3. The Morgan fingerprint density at radius 2 is 1.60 bits per heavy atom. The maximum Gasteiger partial charge on any atom is 0.259 e. The summed E-state index contributed by atoms with van der Waals surface area (Å²) in [6, 6.07) is 14.0. The van der Waals surface area contributed by atoms with Crippen molar-refractivity contribution in [2.24, 2.45) is 0 Å². The zero-order valence-electron chi connectivity index (χ0n) is 16.4. The molecule has 152 valence electrons. The molecule has 0 spiro atoms. The van der Waals surface area contributed by atoms with Crippen LogP contribution in [0, 0.1) is 29.9 Å². The van der Waals surface area contributed by atoms with Gasteiger partial charge in [-0.25, -0.2) is 8.78 Å². The summed E-state index contributed by atoms with van der Waals surface area (Å²) in [4.78, 5) is 17.2. The number of amides is 1. The molecule has 1 amide bonds. The number of ether oxygens (including phenoxy) is 2. The fourth-order valence-electron chi connectivity index (χ4n) is 2.52. The summed E-state index contributed by atoms with van der Waals surface area (Å²) in [5.74, 6) is -2.73. The number of rotatable bonds is 5. The number of hydrogen-bond acceptors (Lipinski definition) is 5. The summed E-state index contributed by atoms with van der Waals surface area (Å²) >= 11 is 0. The number of pyridine rings is 1. The molecule has 0 fully saturated rings. The molecule has 0 radical (unpaired) electrons. The second kappa shape index (κ2) is 8.57. The van der Waals surface area contributed by atoms with Gasteiger partial charge < -0.3 is 14.4 Å². The van der Waals surface area contributed by atoms with Crippen molar-refractivity contribution in [1.82, 2.24) is 9.88 Å². The fraction of sp³-hybridized carbons (Fsp3) is 0.136. The van der Waals surface area contributed by atoms with Crippen LogP contribution in [0.3, 0.4) is 0 Å². The molecule has 0 aliphatic heterocycles. The molecule has 30 heavy (non-hydrogen) atoms. The molecule has 0 atom stereocenters. The molecule has 1 aromatic heterocycles. The van der Waals surface area contributed by atoms with Crippen LogP contribution < -0.4 is 9.47 Å². The summed E-state index contributed by atoms with van der Waals surface area (Å²) in [7, 11) is 3.25. The molecule has 0 unspecified atom stereocenters. The largest absolute Gasteiger partial charge is 0.436 e. The van der Waals surface area contributed by atoms with Crippen LogP contribution in [0.5, 0.6) is 23.3 Å². The molecular formula is C22H17F2N3O3. The molecule has 3 aromatic rings.